The number of alkyl halides is 2. The summed E-state index contributed by atoms with van der Waals surface area (Å²) in [5.41, 5.74) is 1.42. The second-order valence-corrected chi connectivity index (χ2v) is 5.82. The van der Waals surface area contributed by atoms with Crippen LogP contribution in [0.15, 0.2) is 41.5 Å². The van der Waals surface area contributed by atoms with Gasteiger partial charge in [0.25, 0.3) is 0 Å². The SMILES string of the molecule is CCNC(=NCc1ccnc(OC)c1)NCc1cc(Cl)ccc1OC(F)F. The van der Waals surface area contributed by atoms with Gasteiger partial charge in [-0.1, -0.05) is 11.6 Å². The zero-order chi connectivity index (χ0) is 19.6. The van der Waals surface area contributed by atoms with Crippen molar-refractivity contribution in [3.8, 4) is 11.6 Å². The number of rotatable bonds is 8. The van der Waals surface area contributed by atoms with Gasteiger partial charge in [-0.15, -0.1) is 0 Å². The summed E-state index contributed by atoms with van der Waals surface area (Å²) in [6.45, 7) is 0.269. The van der Waals surface area contributed by atoms with Gasteiger partial charge in [0.1, 0.15) is 5.75 Å². The van der Waals surface area contributed by atoms with Crippen molar-refractivity contribution in [1.29, 1.82) is 0 Å². The molecule has 0 aliphatic heterocycles. The molecule has 0 saturated heterocycles. The first-order valence-electron chi connectivity index (χ1n) is 8.26. The number of aliphatic imine (C=N–C) groups is 1. The van der Waals surface area contributed by atoms with Crippen LogP contribution in [0.4, 0.5) is 8.78 Å². The molecular weight excluding hydrogens is 378 g/mol. The lowest BCUT2D eigenvalue weighted by atomic mass is 10.2. The Morgan fingerprint density at radius 2 is 2.07 bits per heavy atom. The van der Waals surface area contributed by atoms with E-state index in [4.69, 9.17) is 16.3 Å². The Bertz CT molecular complexity index is 775. The van der Waals surface area contributed by atoms with Gasteiger partial charge >= 0.3 is 6.61 Å². The molecule has 0 aliphatic rings. The predicted molar refractivity (Wildman–Crippen MR) is 101 cm³/mol. The summed E-state index contributed by atoms with van der Waals surface area (Å²) in [5.74, 6) is 1.10. The Kier molecular flexibility index (Phi) is 8.06. The van der Waals surface area contributed by atoms with Crippen LogP contribution in [0.2, 0.25) is 5.02 Å². The molecule has 27 heavy (non-hydrogen) atoms. The molecule has 2 rings (SSSR count). The Labute approximate surface area is 161 Å². The van der Waals surface area contributed by atoms with Crippen molar-refractivity contribution in [2.45, 2.75) is 26.6 Å². The fraction of sp³-hybridized carbons (Fsp3) is 0.333. The number of hydrogen-bond acceptors (Lipinski definition) is 4. The number of halogens is 3. The number of guanidine groups is 1. The van der Waals surface area contributed by atoms with Crippen LogP contribution in [0.25, 0.3) is 0 Å². The van der Waals surface area contributed by atoms with Crippen LogP contribution >= 0.6 is 11.6 Å². The molecule has 1 heterocycles. The molecule has 0 fully saturated rings. The molecule has 2 aromatic rings. The summed E-state index contributed by atoms with van der Waals surface area (Å²) in [6, 6.07) is 8.11. The molecule has 146 valence electrons. The second kappa shape index (κ2) is 10.5. The molecule has 1 aromatic heterocycles. The van der Waals surface area contributed by atoms with E-state index >= 15 is 0 Å². The number of hydrogen-bond donors (Lipinski definition) is 2. The molecule has 0 saturated carbocycles. The van der Waals surface area contributed by atoms with Gasteiger partial charge in [-0.25, -0.2) is 9.98 Å². The lowest BCUT2D eigenvalue weighted by Crippen LogP contribution is -2.36. The van der Waals surface area contributed by atoms with Crippen LogP contribution < -0.4 is 20.1 Å². The van der Waals surface area contributed by atoms with Crippen LogP contribution in [-0.4, -0.2) is 31.2 Å². The molecule has 2 N–H and O–H groups in total. The first kappa shape index (κ1) is 20.7. The van der Waals surface area contributed by atoms with E-state index < -0.39 is 6.61 Å². The third kappa shape index (κ3) is 6.90. The predicted octanol–water partition coefficient (Wildman–Crippen LogP) is 3.60. The van der Waals surface area contributed by atoms with Crippen LogP contribution in [0, 0.1) is 0 Å². The maximum absolute atomic E-state index is 12.6. The number of ether oxygens (including phenoxy) is 2. The van der Waals surface area contributed by atoms with Crippen molar-refractivity contribution < 1.29 is 18.3 Å². The van der Waals surface area contributed by atoms with Gasteiger partial charge in [0.2, 0.25) is 5.88 Å². The number of nitrogens with one attached hydrogen (secondary N) is 2. The number of benzene rings is 1. The van der Waals surface area contributed by atoms with Gasteiger partial charge in [0.05, 0.1) is 13.7 Å². The highest BCUT2D eigenvalue weighted by Crippen LogP contribution is 2.24. The zero-order valence-corrected chi connectivity index (χ0v) is 15.8. The summed E-state index contributed by atoms with van der Waals surface area (Å²) in [4.78, 5) is 8.53. The van der Waals surface area contributed by atoms with Crippen LogP contribution in [0.5, 0.6) is 11.6 Å². The fourth-order valence-corrected chi connectivity index (χ4v) is 2.44. The van der Waals surface area contributed by atoms with Gasteiger partial charge < -0.3 is 20.1 Å². The Hall–Kier alpha value is -2.61. The summed E-state index contributed by atoms with van der Waals surface area (Å²) >= 11 is 5.97. The molecule has 0 amide bonds. The fourth-order valence-electron chi connectivity index (χ4n) is 2.25. The lowest BCUT2D eigenvalue weighted by Gasteiger charge is -2.14. The van der Waals surface area contributed by atoms with Crippen molar-refractivity contribution in [3.05, 3.63) is 52.7 Å². The molecule has 0 spiro atoms. The van der Waals surface area contributed by atoms with Crippen LogP contribution in [0.1, 0.15) is 18.1 Å². The van der Waals surface area contributed by atoms with E-state index in [0.29, 0.717) is 35.5 Å². The van der Waals surface area contributed by atoms with E-state index in [1.807, 2.05) is 13.0 Å². The maximum atomic E-state index is 12.6. The molecule has 0 radical (unpaired) electrons. The van der Waals surface area contributed by atoms with Crippen LogP contribution in [-0.2, 0) is 13.1 Å². The van der Waals surface area contributed by atoms with Gasteiger partial charge in [0, 0.05) is 35.9 Å². The maximum Gasteiger partial charge on any atom is 0.387 e. The van der Waals surface area contributed by atoms with Gasteiger partial charge in [-0.2, -0.15) is 8.78 Å². The quantitative estimate of drug-likeness (QED) is 0.525. The Morgan fingerprint density at radius 1 is 1.26 bits per heavy atom. The monoisotopic (exact) mass is 398 g/mol. The Balaban J connectivity index is 2.08. The molecule has 0 atom stereocenters. The minimum absolute atomic E-state index is 0.0663. The Morgan fingerprint density at radius 3 is 2.78 bits per heavy atom. The third-order valence-corrected chi connectivity index (χ3v) is 3.69. The second-order valence-electron chi connectivity index (χ2n) is 5.39. The molecular formula is C18H21ClF2N4O2. The standard InChI is InChI=1S/C18H21ClF2N4O2/c1-3-22-18(24-10-12-6-7-23-16(8-12)26-2)25-11-13-9-14(19)4-5-15(13)27-17(20)21/h4-9,17H,3,10-11H2,1-2H3,(H2,22,24,25). The average molecular weight is 399 g/mol. The number of aromatic nitrogens is 1. The minimum Gasteiger partial charge on any atom is -0.481 e. The van der Waals surface area contributed by atoms with Crippen molar-refractivity contribution in [3.63, 3.8) is 0 Å². The summed E-state index contributed by atoms with van der Waals surface area (Å²) < 4.78 is 34.8. The van der Waals surface area contributed by atoms with Crippen LogP contribution in [0.3, 0.4) is 0 Å². The first-order chi connectivity index (χ1) is 13.0. The summed E-state index contributed by atoms with van der Waals surface area (Å²) in [7, 11) is 1.55. The van der Waals surface area contributed by atoms with Crippen molar-refractivity contribution in [2.75, 3.05) is 13.7 Å². The van der Waals surface area contributed by atoms with E-state index in [1.54, 1.807) is 25.4 Å². The molecule has 0 aliphatic carbocycles. The summed E-state index contributed by atoms with van der Waals surface area (Å²) in [6.07, 6.45) is 1.64. The van der Waals surface area contributed by atoms with Gasteiger partial charge in [0.15, 0.2) is 5.96 Å². The number of methoxy groups -OCH3 is 1. The summed E-state index contributed by atoms with van der Waals surface area (Å²) in [5, 5.41) is 6.61. The van der Waals surface area contributed by atoms with E-state index in [-0.39, 0.29) is 12.3 Å². The van der Waals surface area contributed by atoms with Gasteiger partial charge in [-0.05, 0) is 36.8 Å². The highest BCUT2D eigenvalue weighted by Gasteiger charge is 2.11. The average Bonchev–Trinajstić information content (AvgIpc) is 2.65. The number of nitrogens with zero attached hydrogens (tertiary/aromatic N) is 2. The molecule has 0 bridgehead atoms. The normalized spacial score (nSPS) is 11.4. The van der Waals surface area contributed by atoms with Gasteiger partial charge in [-0.3, -0.25) is 0 Å². The number of pyridine rings is 1. The lowest BCUT2D eigenvalue weighted by molar-refractivity contribution is -0.0504. The third-order valence-electron chi connectivity index (χ3n) is 3.46. The molecule has 6 nitrogen and oxygen atoms in total. The molecule has 9 heteroatoms. The van der Waals surface area contributed by atoms with Crippen molar-refractivity contribution >= 4 is 17.6 Å². The van der Waals surface area contributed by atoms with E-state index in [1.165, 1.54) is 12.1 Å². The van der Waals surface area contributed by atoms with E-state index in [0.717, 1.165) is 5.56 Å². The highest BCUT2D eigenvalue weighted by molar-refractivity contribution is 6.30. The molecule has 1 aromatic carbocycles. The van der Waals surface area contributed by atoms with Crippen molar-refractivity contribution in [1.82, 2.24) is 15.6 Å². The van der Waals surface area contributed by atoms with Crippen molar-refractivity contribution in [2.24, 2.45) is 4.99 Å². The van der Waals surface area contributed by atoms with E-state index in [9.17, 15) is 8.78 Å². The minimum atomic E-state index is -2.91. The zero-order valence-electron chi connectivity index (χ0n) is 15.0. The highest BCUT2D eigenvalue weighted by atomic mass is 35.5. The largest absolute Gasteiger partial charge is 0.481 e. The topological polar surface area (TPSA) is 67.8 Å². The van der Waals surface area contributed by atoms with E-state index in [2.05, 4.69) is 25.3 Å². The molecule has 0 unspecified atom stereocenters. The first-order valence-corrected chi connectivity index (χ1v) is 8.64. The smallest absolute Gasteiger partial charge is 0.387 e.